The third-order valence-electron chi connectivity index (χ3n) is 3.14. The van der Waals surface area contributed by atoms with Crippen molar-refractivity contribution < 1.29 is 9.53 Å². The minimum atomic E-state index is -0.0946. The third-order valence-corrected chi connectivity index (χ3v) is 3.14. The molecule has 2 heterocycles. The molecule has 0 unspecified atom stereocenters. The highest BCUT2D eigenvalue weighted by Gasteiger charge is 2.16. The first-order valence-corrected chi connectivity index (χ1v) is 6.17. The van der Waals surface area contributed by atoms with Crippen LogP contribution in [0.1, 0.15) is 15.9 Å². The number of aromatic nitrogens is 2. The van der Waals surface area contributed by atoms with E-state index in [1.807, 2.05) is 24.3 Å². The standard InChI is InChI=1S/C16H12N2O2/c1-20-15-10-17-9-7-13(15)16(19)12-4-2-6-14-11(12)5-3-8-18-14/h2-10H,1H3. The molecule has 20 heavy (non-hydrogen) atoms. The van der Waals surface area contributed by atoms with E-state index in [4.69, 9.17) is 4.74 Å². The Morgan fingerprint density at radius 1 is 1.05 bits per heavy atom. The number of benzene rings is 1. The number of ketones is 1. The first-order chi connectivity index (χ1) is 9.81. The van der Waals surface area contributed by atoms with Gasteiger partial charge >= 0.3 is 0 Å². The molecule has 98 valence electrons. The molecule has 0 amide bonds. The van der Waals surface area contributed by atoms with Crippen molar-refractivity contribution in [1.29, 1.82) is 0 Å². The van der Waals surface area contributed by atoms with Gasteiger partial charge in [-0.15, -0.1) is 0 Å². The maximum Gasteiger partial charge on any atom is 0.197 e. The Hall–Kier alpha value is -2.75. The highest BCUT2D eigenvalue weighted by molar-refractivity contribution is 6.17. The van der Waals surface area contributed by atoms with Crippen LogP contribution >= 0.6 is 0 Å². The van der Waals surface area contributed by atoms with Crippen molar-refractivity contribution in [3.8, 4) is 5.75 Å². The number of rotatable bonds is 3. The normalized spacial score (nSPS) is 10.4. The summed E-state index contributed by atoms with van der Waals surface area (Å²) in [6.45, 7) is 0. The second-order valence-corrected chi connectivity index (χ2v) is 4.28. The van der Waals surface area contributed by atoms with Gasteiger partial charge in [0, 0.05) is 23.3 Å². The van der Waals surface area contributed by atoms with E-state index in [2.05, 4.69) is 9.97 Å². The maximum atomic E-state index is 12.7. The quantitative estimate of drug-likeness (QED) is 0.682. The van der Waals surface area contributed by atoms with Crippen LogP contribution in [0.5, 0.6) is 5.75 Å². The molecule has 0 atom stereocenters. The van der Waals surface area contributed by atoms with Crippen molar-refractivity contribution in [2.24, 2.45) is 0 Å². The number of hydrogen-bond acceptors (Lipinski definition) is 4. The van der Waals surface area contributed by atoms with Crippen LogP contribution in [-0.2, 0) is 0 Å². The number of nitrogens with zero attached hydrogens (tertiary/aromatic N) is 2. The average molecular weight is 264 g/mol. The van der Waals surface area contributed by atoms with Crippen LogP contribution in [0.25, 0.3) is 10.9 Å². The Balaban J connectivity index is 2.18. The summed E-state index contributed by atoms with van der Waals surface area (Å²) >= 11 is 0. The van der Waals surface area contributed by atoms with E-state index in [1.54, 1.807) is 24.5 Å². The molecule has 0 aliphatic rings. The predicted octanol–water partition coefficient (Wildman–Crippen LogP) is 2.87. The lowest BCUT2D eigenvalue weighted by molar-refractivity contribution is 0.103. The van der Waals surface area contributed by atoms with Crippen molar-refractivity contribution in [3.05, 3.63) is 66.1 Å². The minimum absolute atomic E-state index is 0.0946. The summed E-state index contributed by atoms with van der Waals surface area (Å²) < 4.78 is 5.20. The lowest BCUT2D eigenvalue weighted by Gasteiger charge is -2.08. The molecule has 3 rings (SSSR count). The number of hydrogen-bond donors (Lipinski definition) is 0. The van der Waals surface area contributed by atoms with E-state index in [1.165, 1.54) is 13.3 Å². The van der Waals surface area contributed by atoms with Crippen LogP contribution in [0, 0.1) is 0 Å². The Morgan fingerprint density at radius 2 is 1.95 bits per heavy atom. The van der Waals surface area contributed by atoms with Crippen molar-refractivity contribution in [2.45, 2.75) is 0 Å². The summed E-state index contributed by atoms with van der Waals surface area (Å²) in [5.74, 6) is 0.376. The summed E-state index contributed by atoms with van der Waals surface area (Å²) in [7, 11) is 1.53. The van der Waals surface area contributed by atoms with Gasteiger partial charge in [-0.05, 0) is 18.2 Å². The second kappa shape index (κ2) is 5.09. The fourth-order valence-corrected chi connectivity index (χ4v) is 2.18. The van der Waals surface area contributed by atoms with Crippen LogP contribution in [0.4, 0.5) is 0 Å². The van der Waals surface area contributed by atoms with Crippen molar-refractivity contribution in [2.75, 3.05) is 7.11 Å². The van der Waals surface area contributed by atoms with Crippen LogP contribution in [0.2, 0.25) is 0 Å². The highest BCUT2D eigenvalue weighted by Crippen LogP contribution is 2.24. The topological polar surface area (TPSA) is 52.1 Å². The van der Waals surface area contributed by atoms with Crippen LogP contribution in [0.3, 0.4) is 0 Å². The van der Waals surface area contributed by atoms with Gasteiger partial charge in [0.25, 0.3) is 0 Å². The molecule has 0 radical (unpaired) electrons. The molecule has 1 aromatic carbocycles. The van der Waals surface area contributed by atoms with Crippen LogP contribution < -0.4 is 4.74 Å². The summed E-state index contributed by atoms with van der Waals surface area (Å²) in [4.78, 5) is 20.9. The fourth-order valence-electron chi connectivity index (χ4n) is 2.18. The fraction of sp³-hybridized carbons (Fsp3) is 0.0625. The van der Waals surface area contributed by atoms with Gasteiger partial charge in [0.2, 0.25) is 0 Å². The van der Waals surface area contributed by atoms with E-state index in [0.29, 0.717) is 16.9 Å². The number of carbonyl (C=O) groups is 1. The average Bonchev–Trinajstić information content (AvgIpc) is 2.53. The lowest BCUT2D eigenvalue weighted by atomic mass is 9.99. The molecule has 0 N–H and O–H groups in total. The molecule has 0 spiro atoms. The number of ether oxygens (including phenoxy) is 1. The zero-order chi connectivity index (χ0) is 13.9. The van der Waals surface area contributed by atoms with E-state index >= 15 is 0 Å². The van der Waals surface area contributed by atoms with E-state index in [9.17, 15) is 4.79 Å². The van der Waals surface area contributed by atoms with Crippen molar-refractivity contribution in [1.82, 2.24) is 9.97 Å². The highest BCUT2D eigenvalue weighted by atomic mass is 16.5. The van der Waals surface area contributed by atoms with Gasteiger partial charge in [-0.3, -0.25) is 14.8 Å². The number of fused-ring (bicyclic) bond motifs is 1. The molecule has 0 fully saturated rings. The zero-order valence-corrected chi connectivity index (χ0v) is 10.9. The largest absolute Gasteiger partial charge is 0.494 e. The van der Waals surface area contributed by atoms with Crippen LogP contribution in [0.15, 0.2) is 55.0 Å². The Kier molecular flexibility index (Phi) is 3.13. The first kappa shape index (κ1) is 12.3. The van der Waals surface area contributed by atoms with Gasteiger partial charge in [0.05, 0.1) is 24.4 Å². The van der Waals surface area contributed by atoms with Crippen LogP contribution in [-0.4, -0.2) is 22.9 Å². The molecule has 3 aromatic rings. The molecule has 4 heteroatoms. The maximum absolute atomic E-state index is 12.7. The van der Waals surface area contributed by atoms with E-state index in [-0.39, 0.29) is 5.78 Å². The lowest BCUT2D eigenvalue weighted by Crippen LogP contribution is -2.05. The minimum Gasteiger partial charge on any atom is -0.494 e. The SMILES string of the molecule is COc1cnccc1C(=O)c1cccc2ncccc12. The predicted molar refractivity (Wildman–Crippen MR) is 76.0 cm³/mol. The Morgan fingerprint density at radius 3 is 2.80 bits per heavy atom. The first-order valence-electron chi connectivity index (χ1n) is 6.17. The number of methoxy groups -OCH3 is 1. The molecule has 4 nitrogen and oxygen atoms in total. The van der Waals surface area contributed by atoms with Gasteiger partial charge in [-0.1, -0.05) is 18.2 Å². The van der Waals surface area contributed by atoms with Gasteiger partial charge in [0.15, 0.2) is 5.78 Å². The Bertz CT molecular complexity index is 779. The van der Waals surface area contributed by atoms with Crippen molar-refractivity contribution in [3.63, 3.8) is 0 Å². The number of carbonyl (C=O) groups excluding carboxylic acids is 1. The molecule has 2 aromatic heterocycles. The van der Waals surface area contributed by atoms with Gasteiger partial charge in [0.1, 0.15) is 5.75 Å². The van der Waals surface area contributed by atoms with E-state index in [0.717, 1.165) is 10.9 Å². The Labute approximate surface area is 116 Å². The summed E-state index contributed by atoms with van der Waals surface area (Å²) in [6, 6.07) is 10.9. The summed E-state index contributed by atoms with van der Waals surface area (Å²) in [6.07, 6.45) is 4.83. The van der Waals surface area contributed by atoms with E-state index < -0.39 is 0 Å². The van der Waals surface area contributed by atoms with Gasteiger partial charge in [-0.2, -0.15) is 0 Å². The molecular formula is C16H12N2O2. The third kappa shape index (κ3) is 2.01. The zero-order valence-electron chi connectivity index (χ0n) is 10.9. The smallest absolute Gasteiger partial charge is 0.197 e. The van der Waals surface area contributed by atoms with Gasteiger partial charge in [-0.25, -0.2) is 0 Å². The molecule has 0 saturated carbocycles. The van der Waals surface area contributed by atoms with Crippen molar-refractivity contribution >= 4 is 16.7 Å². The summed E-state index contributed by atoms with van der Waals surface area (Å²) in [5.41, 5.74) is 1.91. The molecular weight excluding hydrogens is 252 g/mol. The molecule has 0 bridgehead atoms. The molecule has 0 aliphatic carbocycles. The molecule has 0 saturated heterocycles. The monoisotopic (exact) mass is 264 g/mol. The second-order valence-electron chi connectivity index (χ2n) is 4.28. The van der Waals surface area contributed by atoms with Gasteiger partial charge < -0.3 is 4.74 Å². The molecule has 0 aliphatic heterocycles. The summed E-state index contributed by atoms with van der Waals surface area (Å²) in [5, 5.41) is 0.832. The number of pyridine rings is 2.